The van der Waals surface area contributed by atoms with Crippen molar-refractivity contribution in [1.29, 1.82) is 0 Å². The molecule has 1 atom stereocenters. The molecule has 0 spiro atoms. The molecule has 1 saturated heterocycles. The van der Waals surface area contributed by atoms with Crippen LogP contribution in [0.5, 0.6) is 0 Å². The van der Waals surface area contributed by atoms with Crippen LogP contribution in [0.2, 0.25) is 0 Å². The van der Waals surface area contributed by atoms with Crippen molar-refractivity contribution in [3.63, 3.8) is 0 Å². The standard InChI is InChI=1S/C17H20FN3OS/c18-14-4-2-1-3-13(14)9-16-21-15(11-23-16)17(22)20-8-6-12-5-7-19-10-12/h1-4,11-12,19H,5-10H2,(H,20,22). The quantitative estimate of drug-likeness (QED) is 0.854. The summed E-state index contributed by atoms with van der Waals surface area (Å²) in [5, 5.41) is 8.73. The number of hydrogen-bond donors (Lipinski definition) is 2. The molecule has 2 aromatic rings. The summed E-state index contributed by atoms with van der Waals surface area (Å²) < 4.78 is 13.6. The topological polar surface area (TPSA) is 54.0 Å². The Morgan fingerprint density at radius 2 is 2.30 bits per heavy atom. The summed E-state index contributed by atoms with van der Waals surface area (Å²) in [6.45, 7) is 2.79. The minimum Gasteiger partial charge on any atom is -0.351 e. The molecule has 2 N–H and O–H groups in total. The minimum absolute atomic E-state index is 0.146. The fourth-order valence-electron chi connectivity index (χ4n) is 2.74. The van der Waals surface area contributed by atoms with Gasteiger partial charge in [0.1, 0.15) is 11.5 Å². The number of nitrogens with zero attached hydrogens (tertiary/aromatic N) is 1. The van der Waals surface area contributed by atoms with Gasteiger partial charge in [0.2, 0.25) is 0 Å². The van der Waals surface area contributed by atoms with E-state index in [1.807, 2.05) is 0 Å². The molecule has 1 aliphatic rings. The van der Waals surface area contributed by atoms with Crippen LogP contribution in [0.25, 0.3) is 0 Å². The maximum Gasteiger partial charge on any atom is 0.270 e. The molecule has 0 aliphatic carbocycles. The molecule has 0 bridgehead atoms. The Morgan fingerprint density at radius 1 is 1.43 bits per heavy atom. The molecule has 1 amide bonds. The van der Waals surface area contributed by atoms with Crippen LogP contribution in [0.1, 0.15) is 33.9 Å². The van der Waals surface area contributed by atoms with E-state index in [0.29, 0.717) is 30.1 Å². The van der Waals surface area contributed by atoms with Gasteiger partial charge in [0, 0.05) is 18.3 Å². The van der Waals surface area contributed by atoms with E-state index in [1.165, 1.54) is 23.8 Å². The first-order valence-electron chi connectivity index (χ1n) is 7.89. The van der Waals surface area contributed by atoms with Gasteiger partial charge in [-0.2, -0.15) is 0 Å². The zero-order valence-electron chi connectivity index (χ0n) is 12.8. The molecule has 4 nitrogen and oxygen atoms in total. The van der Waals surface area contributed by atoms with Crippen LogP contribution in [0, 0.1) is 11.7 Å². The van der Waals surface area contributed by atoms with Gasteiger partial charge in [-0.25, -0.2) is 9.37 Å². The van der Waals surface area contributed by atoms with E-state index in [-0.39, 0.29) is 11.7 Å². The van der Waals surface area contributed by atoms with E-state index >= 15 is 0 Å². The maximum atomic E-state index is 13.6. The number of rotatable bonds is 6. The average Bonchev–Trinajstić information content (AvgIpc) is 3.21. The van der Waals surface area contributed by atoms with Gasteiger partial charge in [-0.15, -0.1) is 11.3 Å². The first-order valence-corrected chi connectivity index (χ1v) is 8.77. The Labute approximate surface area is 139 Å². The normalized spacial score (nSPS) is 17.3. The molecule has 1 unspecified atom stereocenters. The van der Waals surface area contributed by atoms with Crippen molar-refractivity contribution in [2.24, 2.45) is 5.92 Å². The fourth-order valence-corrected chi connectivity index (χ4v) is 3.54. The Bertz CT molecular complexity index is 667. The zero-order valence-corrected chi connectivity index (χ0v) is 13.7. The number of carbonyl (C=O) groups is 1. The van der Waals surface area contributed by atoms with Crippen LogP contribution in [-0.2, 0) is 6.42 Å². The molecular formula is C17H20FN3OS. The third kappa shape index (κ3) is 4.36. The van der Waals surface area contributed by atoms with Gasteiger partial charge in [-0.3, -0.25) is 4.79 Å². The van der Waals surface area contributed by atoms with Gasteiger partial charge in [0.05, 0.1) is 5.01 Å². The molecule has 23 heavy (non-hydrogen) atoms. The van der Waals surface area contributed by atoms with Crippen LogP contribution in [0.15, 0.2) is 29.6 Å². The lowest BCUT2D eigenvalue weighted by Crippen LogP contribution is -2.26. The third-order valence-electron chi connectivity index (χ3n) is 4.08. The van der Waals surface area contributed by atoms with Crippen molar-refractivity contribution >= 4 is 17.2 Å². The lowest BCUT2D eigenvalue weighted by Gasteiger charge is -2.08. The van der Waals surface area contributed by atoms with Crippen molar-refractivity contribution in [3.8, 4) is 0 Å². The molecular weight excluding hydrogens is 313 g/mol. The highest BCUT2D eigenvalue weighted by Crippen LogP contribution is 2.17. The number of hydrogen-bond acceptors (Lipinski definition) is 4. The van der Waals surface area contributed by atoms with Crippen LogP contribution >= 0.6 is 11.3 Å². The number of carbonyl (C=O) groups excluding carboxylic acids is 1. The van der Waals surface area contributed by atoms with Crippen LogP contribution in [0.3, 0.4) is 0 Å². The van der Waals surface area contributed by atoms with Crippen molar-refractivity contribution in [2.75, 3.05) is 19.6 Å². The number of nitrogens with one attached hydrogen (secondary N) is 2. The van der Waals surface area contributed by atoms with E-state index in [1.54, 1.807) is 23.6 Å². The van der Waals surface area contributed by atoms with Crippen LogP contribution < -0.4 is 10.6 Å². The second-order valence-electron chi connectivity index (χ2n) is 5.80. The number of halogens is 1. The second kappa shape index (κ2) is 7.66. The molecule has 122 valence electrons. The summed E-state index contributed by atoms with van der Waals surface area (Å²) in [5.74, 6) is 0.271. The number of aromatic nitrogens is 1. The largest absolute Gasteiger partial charge is 0.351 e. The molecule has 3 rings (SSSR count). The molecule has 0 saturated carbocycles. The van der Waals surface area contributed by atoms with Crippen molar-refractivity contribution in [2.45, 2.75) is 19.3 Å². The predicted octanol–water partition coefficient (Wildman–Crippen LogP) is 2.60. The zero-order chi connectivity index (χ0) is 16.1. The Hall–Kier alpha value is -1.79. The smallest absolute Gasteiger partial charge is 0.270 e. The summed E-state index contributed by atoms with van der Waals surface area (Å²) in [6.07, 6.45) is 2.59. The molecule has 1 aromatic carbocycles. The highest BCUT2D eigenvalue weighted by atomic mass is 32.1. The van der Waals surface area contributed by atoms with E-state index in [0.717, 1.165) is 24.5 Å². The van der Waals surface area contributed by atoms with Gasteiger partial charge in [0.15, 0.2) is 0 Å². The summed E-state index contributed by atoms with van der Waals surface area (Å²) in [4.78, 5) is 16.4. The Morgan fingerprint density at radius 3 is 3.09 bits per heavy atom. The lowest BCUT2D eigenvalue weighted by atomic mass is 10.1. The van der Waals surface area contributed by atoms with E-state index in [2.05, 4.69) is 15.6 Å². The molecule has 1 fully saturated rings. The molecule has 6 heteroatoms. The van der Waals surface area contributed by atoms with Crippen molar-refractivity contribution in [3.05, 3.63) is 51.7 Å². The Kier molecular flexibility index (Phi) is 5.35. The summed E-state index contributed by atoms with van der Waals surface area (Å²) >= 11 is 1.39. The lowest BCUT2D eigenvalue weighted by molar-refractivity contribution is 0.0947. The maximum absolute atomic E-state index is 13.6. The molecule has 1 aliphatic heterocycles. The molecule has 0 radical (unpaired) electrons. The third-order valence-corrected chi connectivity index (χ3v) is 4.93. The second-order valence-corrected chi connectivity index (χ2v) is 6.74. The number of amides is 1. The number of thiazole rings is 1. The van der Waals surface area contributed by atoms with Gasteiger partial charge >= 0.3 is 0 Å². The van der Waals surface area contributed by atoms with Crippen LogP contribution in [-0.4, -0.2) is 30.5 Å². The summed E-state index contributed by atoms with van der Waals surface area (Å²) in [7, 11) is 0. The SMILES string of the molecule is O=C(NCCC1CCNC1)c1csc(Cc2ccccc2F)n1. The highest BCUT2D eigenvalue weighted by molar-refractivity contribution is 7.09. The van der Waals surface area contributed by atoms with Gasteiger partial charge < -0.3 is 10.6 Å². The van der Waals surface area contributed by atoms with E-state index in [4.69, 9.17) is 0 Å². The van der Waals surface area contributed by atoms with Gasteiger partial charge in [-0.05, 0) is 43.5 Å². The van der Waals surface area contributed by atoms with Gasteiger partial charge in [-0.1, -0.05) is 18.2 Å². The first kappa shape index (κ1) is 16.1. The molecule has 2 heterocycles. The van der Waals surface area contributed by atoms with Crippen molar-refractivity contribution < 1.29 is 9.18 Å². The van der Waals surface area contributed by atoms with Crippen LogP contribution in [0.4, 0.5) is 4.39 Å². The molecule has 1 aromatic heterocycles. The fraction of sp³-hybridized carbons (Fsp3) is 0.412. The van der Waals surface area contributed by atoms with E-state index < -0.39 is 0 Å². The summed E-state index contributed by atoms with van der Waals surface area (Å²) in [6, 6.07) is 6.65. The van der Waals surface area contributed by atoms with Crippen molar-refractivity contribution in [1.82, 2.24) is 15.6 Å². The number of benzene rings is 1. The monoisotopic (exact) mass is 333 g/mol. The Balaban J connectivity index is 1.51. The van der Waals surface area contributed by atoms with E-state index in [9.17, 15) is 9.18 Å². The predicted molar refractivity (Wildman–Crippen MR) is 89.2 cm³/mol. The van der Waals surface area contributed by atoms with Gasteiger partial charge in [0.25, 0.3) is 5.91 Å². The highest BCUT2D eigenvalue weighted by Gasteiger charge is 2.16. The minimum atomic E-state index is -0.237. The summed E-state index contributed by atoms with van der Waals surface area (Å²) in [5.41, 5.74) is 1.02. The average molecular weight is 333 g/mol. The first-order chi connectivity index (χ1) is 11.2.